The predicted molar refractivity (Wildman–Crippen MR) is 155 cm³/mol. The van der Waals surface area contributed by atoms with Gasteiger partial charge in [-0.25, -0.2) is 0 Å². The normalized spacial score (nSPS) is 18.9. The molecule has 2 nitrogen and oxygen atoms in total. The third kappa shape index (κ3) is 15.7. The maximum Gasteiger partial charge on any atom is 0.228 e. The van der Waals surface area contributed by atoms with Crippen molar-refractivity contribution in [3.05, 3.63) is 11.8 Å². The molecule has 2 fully saturated rings. The van der Waals surface area contributed by atoms with E-state index in [1.807, 2.05) is 6.20 Å². The average molecular weight is 470 g/mol. The maximum atomic E-state index is 10.7. The number of hydrogen-bond acceptors (Lipinski definition) is 1. The molecule has 0 bridgehead atoms. The molecule has 2 saturated carbocycles. The van der Waals surface area contributed by atoms with Crippen LogP contribution in [0.1, 0.15) is 156 Å². The molecular formula is C31H67NO. The lowest BCUT2D eigenvalue weighted by Crippen LogP contribution is -2.22. The van der Waals surface area contributed by atoms with Gasteiger partial charge in [0.1, 0.15) is 0 Å². The van der Waals surface area contributed by atoms with Crippen molar-refractivity contribution in [2.45, 2.75) is 156 Å². The minimum absolute atomic E-state index is 0. The molecule has 1 N–H and O–H groups in total. The Morgan fingerprint density at radius 2 is 0.970 bits per heavy atom. The summed E-state index contributed by atoms with van der Waals surface area (Å²) in [7, 11) is 0. The molecule has 3 aliphatic rings. The molecule has 3 rings (SSSR count). The second-order valence-electron chi connectivity index (χ2n) is 12.7. The molecule has 1 amide bonds. The van der Waals surface area contributed by atoms with Crippen molar-refractivity contribution in [3.8, 4) is 0 Å². The van der Waals surface area contributed by atoms with Crippen LogP contribution >= 0.6 is 0 Å². The average Bonchev–Trinajstić information content (AvgIpc) is 3.26. The largest absolute Gasteiger partial charge is 0.332 e. The number of carbonyl (C=O) groups is 1. The van der Waals surface area contributed by atoms with Crippen LogP contribution in [0.5, 0.6) is 0 Å². The second kappa shape index (κ2) is 16.8. The van der Waals surface area contributed by atoms with Crippen LogP contribution < -0.4 is 5.32 Å². The van der Waals surface area contributed by atoms with Crippen molar-refractivity contribution in [2.24, 2.45) is 28.1 Å². The summed E-state index contributed by atoms with van der Waals surface area (Å²) >= 11 is 0. The van der Waals surface area contributed by atoms with Crippen molar-refractivity contribution < 1.29 is 4.79 Å². The van der Waals surface area contributed by atoms with Crippen molar-refractivity contribution in [1.29, 1.82) is 0 Å². The van der Waals surface area contributed by atoms with Gasteiger partial charge >= 0.3 is 0 Å². The van der Waals surface area contributed by atoms with E-state index >= 15 is 0 Å². The molecule has 0 aromatic heterocycles. The van der Waals surface area contributed by atoms with E-state index in [0.29, 0.717) is 17.3 Å². The Labute approximate surface area is 212 Å². The van der Waals surface area contributed by atoms with Gasteiger partial charge in [0.25, 0.3) is 0 Å². The Morgan fingerprint density at radius 3 is 1.15 bits per heavy atom. The Hall–Kier alpha value is -0.790. The van der Waals surface area contributed by atoms with Crippen LogP contribution in [0.3, 0.4) is 0 Å². The molecule has 0 aromatic rings. The number of amides is 1. The lowest BCUT2D eigenvalue weighted by Gasteiger charge is -2.33. The summed E-state index contributed by atoms with van der Waals surface area (Å²) < 4.78 is 0. The van der Waals surface area contributed by atoms with Crippen molar-refractivity contribution >= 4 is 5.91 Å². The zero-order chi connectivity index (χ0) is 22.3. The standard InChI is InChI=1S/C10H20.C9H18.C8H13NO.4CH4/c1-10(2,3)9-7-5-4-6-8-9;1-9(2,3)8-6-4-5-7-8;1-8(2,3)6-4-7(10)9-5-6;;;;/h9H,4-8H2,1-3H3;8H,4-7H2,1-3H3;5H,4H2,1-3H3,(H,9,10);4*1H4. The number of nitrogens with one attached hydrogen (secondary N) is 1. The minimum Gasteiger partial charge on any atom is -0.332 e. The molecule has 0 spiro atoms. The van der Waals surface area contributed by atoms with Gasteiger partial charge < -0.3 is 5.32 Å². The van der Waals surface area contributed by atoms with E-state index in [1.54, 1.807) is 0 Å². The summed E-state index contributed by atoms with van der Waals surface area (Å²) in [4.78, 5) is 10.7. The SMILES string of the molecule is C.C.C.C.CC(C)(C)C1=CNC(=O)C1.CC(C)(C)C1CCCC1.CC(C)(C)C1CCCCC1. The van der Waals surface area contributed by atoms with Gasteiger partial charge in [0.2, 0.25) is 5.91 Å². The Balaban J connectivity index is -0.000000180. The number of hydrogen-bond donors (Lipinski definition) is 1. The maximum absolute atomic E-state index is 10.7. The Morgan fingerprint density at radius 1 is 0.636 bits per heavy atom. The molecule has 2 aliphatic carbocycles. The third-order valence-electron chi connectivity index (χ3n) is 7.13. The van der Waals surface area contributed by atoms with Crippen molar-refractivity contribution in [2.75, 3.05) is 0 Å². The third-order valence-corrected chi connectivity index (χ3v) is 7.13. The van der Waals surface area contributed by atoms with Gasteiger partial charge in [-0.15, -0.1) is 0 Å². The molecular weight excluding hydrogens is 402 g/mol. The second-order valence-corrected chi connectivity index (χ2v) is 12.7. The highest BCUT2D eigenvalue weighted by molar-refractivity contribution is 5.82. The highest BCUT2D eigenvalue weighted by Gasteiger charge is 2.27. The van der Waals surface area contributed by atoms with Crippen LogP contribution in [0.2, 0.25) is 0 Å². The minimum atomic E-state index is 0. The zero-order valence-electron chi connectivity index (χ0n) is 21.2. The molecule has 0 radical (unpaired) electrons. The molecule has 202 valence electrons. The van der Waals surface area contributed by atoms with E-state index in [9.17, 15) is 4.79 Å². The first-order valence-electron chi connectivity index (χ1n) is 12.2. The predicted octanol–water partition coefficient (Wildman–Crippen LogP) is 10.8. The van der Waals surface area contributed by atoms with Gasteiger partial charge in [-0.3, -0.25) is 4.79 Å². The van der Waals surface area contributed by atoms with Gasteiger partial charge in [-0.2, -0.15) is 0 Å². The van der Waals surface area contributed by atoms with Crippen molar-refractivity contribution in [1.82, 2.24) is 5.32 Å². The van der Waals surface area contributed by atoms with Crippen molar-refractivity contribution in [3.63, 3.8) is 0 Å². The van der Waals surface area contributed by atoms with Gasteiger partial charge in [0.05, 0.1) is 6.42 Å². The quantitative estimate of drug-likeness (QED) is 0.375. The summed E-state index contributed by atoms with van der Waals surface area (Å²) in [5, 5.41) is 2.68. The highest BCUT2D eigenvalue weighted by atomic mass is 16.1. The van der Waals surface area contributed by atoms with Gasteiger partial charge in [0.15, 0.2) is 0 Å². The van der Waals surface area contributed by atoms with Gasteiger partial charge in [-0.1, -0.05) is 124 Å². The molecule has 0 saturated heterocycles. The van der Waals surface area contributed by atoms with Crippen LogP contribution in [0, 0.1) is 28.1 Å². The monoisotopic (exact) mass is 470 g/mol. The summed E-state index contributed by atoms with van der Waals surface area (Å²) in [6.45, 7) is 20.6. The topological polar surface area (TPSA) is 29.1 Å². The van der Waals surface area contributed by atoms with Crippen LogP contribution in [0.25, 0.3) is 0 Å². The lowest BCUT2D eigenvalue weighted by molar-refractivity contribution is -0.118. The fourth-order valence-corrected chi connectivity index (χ4v) is 4.68. The van der Waals surface area contributed by atoms with E-state index in [1.165, 1.54) is 63.4 Å². The Kier molecular flexibility index (Phi) is 20.0. The summed E-state index contributed by atoms with van der Waals surface area (Å²) in [5.74, 6) is 2.13. The molecule has 1 heterocycles. The molecule has 0 unspecified atom stereocenters. The first-order valence-corrected chi connectivity index (χ1v) is 12.2. The van der Waals surface area contributed by atoms with E-state index in [0.717, 1.165) is 11.8 Å². The van der Waals surface area contributed by atoms with E-state index in [4.69, 9.17) is 0 Å². The molecule has 33 heavy (non-hydrogen) atoms. The fraction of sp³-hybridized carbons (Fsp3) is 0.903. The summed E-state index contributed by atoms with van der Waals surface area (Å²) in [5.41, 5.74) is 2.48. The molecule has 0 aromatic carbocycles. The number of rotatable bonds is 0. The van der Waals surface area contributed by atoms with Gasteiger partial charge in [0, 0.05) is 6.20 Å². The summed E-state index contributed by atoms with van der Waals surface area (Å²) in [6, 6.07) is 0. The van der Waals surface area contributed by atoms with E-state index < -0.39 is 0 Å². The van der Waals surface area contributed by atoms with Crippen LogP contribution in [-0.2, 0) is 4.79 Å². The fourth-order valence-electron chi connectivity index (χ4n) is 4.68. The van der Waals surface area contributed by atoms with E-state index in [-0.39, 0.29) is 41.0 Å². The zero-order valence-corrected chi connectivity index (χ0v) is 21.2. The van der Waals surface area contributed by atoms with E-state index in [2.05, 4.69) is 67.6 Å². The molecule has 2 heteroatoms. The summed E-state index contributed by atoms with van der Waals surface area (Å²) in [6.07, 6.45) is 15.7. The smallest absolute Gasteiger partial charge is 0.228 e. The van der Waals surface area contributed by atoms with Crippen LogP contribution in [0.15, 0.2) is 11.8 Å². The molecule has 1 aliphatic heterocycles. The molecule has 0 atom stereocenters. The van der Waals surface area contributed by atoms with Crippen LogP contribution in [0.4, 0.5) is 0 Å². The first kappa shape index (κ1) is 39.4. The van der Waals surface area contributed by atoms with Crippen LogP contribution in [-0.4, -0.2) is 5.91 Å². The highest BCUT2D eigenvalue weighted by Crippen LogP contribution is 2.39. The Bertz CT molecular complexity index is 513. The van der Waals surface area contributed by atoms with Gasteiger partial charge in [-0.05, 0) is 59.3 Å². The lowest BCUT2D eigenvalue weighted by atomic mass is 9.72. The first-order chi connectivity index (χ1) is 13.2. The number of carbonyl (C=O) groups excluding carboxylic acids is 1.